The van der Waals surface area contributed by atoms with E-state index in [1.54, 1.807) is 46.3 Å². The second kappa shape index (κ2) is 10.9. The molecule has 0 spiro atoms. The molecule has 0 saturated carbocycles. The van der Waals surface area contributed by atoms with Crippen LogP contribution in [0.3, 0.4) is 0 Å². The van der Waals surface area contributed by atoms with Gasteiger partial charge in [0.2, 0.25) is 0 Å². The molecule has 1 N–H and O–H groups in total. The van der Waals surface area contributed by atoms with Crippen molar-refractivity contribution in [3.05, 3.63) is 54.1 Å². The lowest BCUT2D eigenvalue weighted by Gasteiger charge is -2.14. The van der Waals surface area contributed by atoms with Crippen LogP contribution in [0.1, 0.15) is 19.7 Å². The molecule has 0 aliphatic carbocycles. The summed E-state index contributed by atoms with van der Waals surface area (Å²) in [6, 6.07) is 11.4. The summed E-state index contributed by atoms with van der Waals surface area (Å²) in [5.74, 6) is 1.22. The maximum atomic E-state index is 13.2. The van der Waals surface area contributed by atoms with Crippen molar-refractivity contribution in [2.24, 2.45) is 0 Å². The minimum Gasteiger partial charge on any atom is -0.497 e. The van der Waals surface area contributed by atoms with Gasteiger partial charge in [0.1, 0.15) is 17.3 Å². The Morgan fingerprint density at radius 1 is 1.09 bits per heavy atom. The summed E-state index contributed by atoms with van der Waals surface area (Å²) in [5, 5.41) is 12.3. The lowest BCUT2D eigenvalue weighted by molar-refractivity contribution is -0.144. The van der Waals surface area contributed by atoms with Crippen molar-refractivity contribution in [3.8, 4) is 17.2 Å². The van der Waals surface area contributed by atoms with E-state index in [1.807, 2.05) is 16.7 Å². The Hall–Kier alpha value is -3.27. The average Bonchev–Trinajstić information content (AvgIpc) is 3.19. The van der Waals surface area contributed by atoms with Gasteiger partial charge in [-0.2, -0.15) is 0 Å². The number of carbonyl (C=O) groups excluding carboxylic acids is 1. The fourth-order valence-corrected chi connectivity index (χ4v) is 3.61. The molecule has 0 radical (unpaired) electrons. The molecule has 0 aliphatic heterocycles. The zero-order valence-electron chi connectivity index (χ0n) is 18.3. The lowest BCUT2D eigenvalue weighted by Crippen LogP contribution is -2.14. The highest BCUT2D eigenvalue weighted by molar-refractivity contribution is 7.99. The number of aromatic nitrogens is 3. The van der Waals surface area contributed by atoms with Crippen LogP contribution in [0, 0.1) is 5.82 Å². The number of carbonyl (C=O) groups is 1. The van der Waals surface area contributed by atoms with Crippen molar-refractivity contribution < 1.29 is 23.4 Å². The van der Waals surface area contributed by atoms with Crippen LogP contribution in [0.5, 0.6) is 11.5 Å². The number of methoxy groups -OCH3 is 2. The second-order valence-corrected chi connectivity index (χ2v) is 7.94. The molecule has 0 bridgehead atoms. The van der Waals surface area contributed by atoms with E-state index < -0.39 is 0 Å². The number of benzene rings is 2. The van der Waals surface area contributed by atoms with Gasteiger partial charge in [0.15, 0.2) is 11.0 Å². The number of hydrogen-bond donors (Lipinski definition) is 1. The van der Waals surface area contributed by atoms with E-state index in [0.717, 1.165) is 5.69 Å². The van der Waals surface area contributed by atoms with Gasteiger partial charge in [-0.1, -0.05) is 11.8 Å². The molecule has 170 valence electrons. The number of thioether (sulfide) groups is 1. The fourth-order valence-electron chi connectivity index (χ4n) is 2.86. The molecule has 1 heterocycles. The molecule has 3 aromatic rings. The summed E-state index contributed by atoms with van der Waals surface area (Å²) < 4.78 is 31.0. The van der Waals surface area contributed by atoms with Crippen molar-refractivity contribution in [2.45, 2.75) is 31.7 Å². The molecule has 1 aromatic heterocycles. The van der Waals surface area contributed by atoms with Crippen LogP contribution in [-0.2, 0) is 16.1 Å². The number of anilines is 1. The van der Waals surface area contributed by atoms with Gasteiger partial charge in [-0.25, -0.2) is 4.39 Å². The minimum absolute atomic E-state index is 0.0861. The van der Waals surface area contributed by atoms with E-state index >= 15 is 0 Å². The van der Waals surface area contributed by atoms with E-state index in [0.29, 0.717) is 34.7 Å². The standard InChI is InChI=1S/C22H25FN4O4S/c1-14(2)31-21(28)13-32-22-26-25-20(12-24-16-7-5-15(23)6-8-16)27(22)17-9-18(29-3)11-19(10-17)30-4/h5-11,14,24H,12-13H2,1-4H3. The van der Waals surface area contributed by atoms with Crippen LogP contribution in [0.4, 0.5) is 10.1 Å². The van der Waals surface area contributed by atoms with E-state index in [1.165, 1.54) is 23.9 Å². The number of nitrogens with one attached hydrogen (secondary N) is 1. The average molecular weight is 461 g/mol. The van der Waals surface area contributed by atoms with Gasteiger partial charge < -0.3 is 19.5 Å². The normalized spacial score (nSPS) is 10.8. The first-order valence-electron chi connectivity index (χ1n) is 9.89. The van der Waals surface area contributed by atoms with Crippen molar-refractivity contribution in [2.75, 3.05) is 25.3 Å². The Kier molecular flexibility index (Phi) is 7.93. The first kappa shape index (κ1) is 23.4. The Balaban J connectivity index is 1.92. The molecular formula is C22H25FN4O4S. The predicted molar refractivity (Wildman–Crippen MR) is 120 cm³/mol. The van der Waals surface area contributed by atoms with Gasteiger partial charge >= 0.3 is 5.97 Å². The van der Waals surface area contributed by atoms with Crippen LogP contribution < -0.4 is 14.8 Å². The second-order valence-electron chi connectivity index (χ2n) is 6.99. The van der Waals surface area contributed by atoms with Crippen LogP contribution in [0.25, 0.3) is 5.69 Å². The number of nitrogens with zero attached hydrogens (tertiary/aromatic N) is 3. The molecule has 10 heteroatoms. The van der Waals surface area contributed by atoms with E-state index in [2.05, 4.69) is 15.5 Å². The molecule has 3 rings (SSSR count). The molecule has 0 atom stereocenters. The summed E-state index contributed by atoms with van der Waals surface area (Å²) in [7, 11) is 3.14. The quantitative estimate of drug-likeness (QED) is 0.358. The number of rotatable bonds is 10. The van der Waals surface area contributed by atoms with Gasteiger partial charge in [-0.05, 0) is 38.1 Å². The van der Waals surface area contributed by atoms with Crippen LogP contribution in [0.15, 0.2) is 47.6 Å². The Morgan fingerprint density at radius 3 is 2.34 bits per heavy atom. The number of hydrogen-bond acceptors (Lipinski definition) is 8. The van der Waals surface area contributed by atoms with Gasteiger partial charge in [0, 0.05) is 23.9 Å². The SMILES string of the molecule is COc1cc(OC)cc(-n2c(CNc3ccc(F)cc3)nnc2SCC(=O)OC(C)C)c1. The zero-order chi connectivity index (χ0) is 23.1. The first-order chi connectivity index (χ1) is 15.4. The minimum atomic E-state index is -0.339. The Bertz CT molecular complexity index is 1030. The maximum Gasteiger partial charge on any atom is 0.316 e. The van der Waals surface area contributed by atoms with Crippen LogP contribution in [0.2, 0.25) is 0 Å². The van der Waals surface area contributed by atoms with Crippen molar-refractivity contribution >= 4 is 23.4 Å². The monoisotopic (exact) mass is 460 g/mol. The molecule has 2 aromatic carbocycles. The summed E-state index contributed by atoms with van der Waals surface area (Å²) in [6.07, 6.45) is -0.195. The largest absolute Gasteiger partial charge is 0.497 e. The number of ether oxygens (including phenoxy) is 3. The van der Waals surface area contributed by atoms with Crippen molar-refractivity contribution in [1.82, 2.24) is 14.8 Å². The highest BCUT2D eigenvalue weighted by Gasteiger charge is 2.18. The highest BCUT2D eigenvalue weighted by Crippen LogP contribution is 2.29. The third-order valence-corrected chi connectivity index (χ3v) is 5.18. The summed E-state index contributed by atoms with van der Waals surface area (Å²) in [6.45, 7) is 3.91. The van der Waals surface area contributed by atoms with Crippen molar-refractivity contribution in [3.63, 3.8) is 0 Å². The molecule has 32 heavy (non-hydrogen) atoms. The van der Waals surface area contributed by atoms with Crippen LogP contribution >= 0.6 is 11.8 Å². The van der Waals surface area contributed by atoms with E-state index in [4.69, 9.17) is 14.2 Å². The lowest BCUT2D eigenvalue weighted by atomic mass is 10.2. The van der Waals surface area contributed by atoms with E-state index in [-0.39, 0.29) is 23.6 Å². The van der Waals surface area contributed by atoms with E-state index in [9.17, 15) is 9.18 Å². The highest BCUT2D eigenvalue weighted by atomic mass is 32.2. The molecular weight excluding hydrogens is 435 g/mol. The summed E-state index contributed by atoms with van der Waals surface area (Å²) in [4.78, 5) is 12.0. The Labute approximate surface area is 190 Å². The third-order valence-electron chi connectivity index (χ3n) is 4.28. The molecule has 0 unspecified atom stereocenters. The van der Waals surface area contributed by atoms with Gasteiger partial charge in [0.05, 0.1) is 38.3 Å². The van der Waals surface area contributed by atoms with Gasteiger partial charge in [0.25, 0.3) is 0 Å². The number of esters is 1. The topological polar surface area (TPSA) is 87.5 Å². The van der Waals surface area contributed by atoms with Crippen LogP contribution in [-0.4, -0.2) is 46.8 Å². The smallest absolute Gasteiger partial charge is 0.316 e. The Morgan fingerprint density at radius 2 is 1.75 bits per heavy atom. The maximum absolute atomic E-state index is 13.2. The first-order valence-corrected chi connectivity index (χ1v) is 10.9. The molecule has 0 aliphatic rings. The van der Waals surface area contributed by atoms with Crippen molar-refractivity contribution in [1.29, 1.82) is 0 Å². The molecule has 0 amide bonds. The third kappa shape index (κ3) is 6.13. The molecule has 8 nitrogen and oxygen atoms in total. The molecule has 0 saturated heterocycles. The summed E-state index contributed by atoms with van der Waals surface area (Å²) in [5.41, 5.74) is 1.45. The fraction of sp³-hybridized carbons (Fsp3) is 0.318. The number of halogens is 1. The predicted octanol–water partition coefficient (Wildman–Crippen LogP) is 4.08. The van der Waals surface area contributed by atoms with Gasteiger partial charge in [-0.3, -0.25) is 9.36 Å². The summed E-state index contributed by atoms with van der Waals surface area (Å²) >= 11 is 1.22. The van der Waals surface area contributed by atoms with Gasteiger partial charge in [-0.15, -0.1) is 10.2 Å². The molecule has 0 fully saturated rings. The zero-order valence-corrected chi connectivity index (χ0v) is 19.1.